The quantitative estimate of drug-likeness (QED) is 0.635. The van der Waals surface area contributed by atoms with E-state index in [0.29, 0.717) is 16.5 Å². The lowest BCUT2D eigenvalue weighted by Crippen LogP contribution is -2.22. The molecule has 3 aromatic rings. The van der Waals surface area contributed by atoms with Crippen molar-refractivity contribution in [3.63, 3.8) is 0 Å². The number of hydrogen-bond acceptors (Lipinski definition) is 5. The van der Waals surface area contributed by atoms with Gasteiger partial charge < -0.3 is 15.4 Å². The van der Waals surface area contributed by atoms with Crippen LogP contribution in [0.2, 0.25) is 5.02 Å². The molecule has 1 amide bonds. The second-order valence-electron chi connectivity index (χ2n) is 5.58. The molecule has 2 aromatic carbocycles. The second-order valence-corrected chi connectivity index (χ2v) is 7.08. The van der Waals surface area contributed by atoms with Crippen LogP contribution in [0.4, 0.5) is 11.4 Å². The number of hydrogen-bond donors (Lipinski definition) is 2. The van der Waals surface area contributed by atoms with Gasteiger partial charge in [-0.25, -0.2) is 4.98 Å². The third-order valence-electron chi connectivity index (χ3n) is 3.66. The van der Waals surface area contributed by atoms with Gasteiger partial charge in [-0.3, -0.25) is 4.79 Å². The van der Waals surface area contributed by atoms with Crippen LogP contribution in [0, 0.1) is 6.92 Å². The molecule has 0 bridgehead atoms. The molecule has 26 heavy (non-hydrogen) atoms. The molecule has 1 heterocycles. The zero-order valence-corrected chi connectivity index (χ0v) is 15.9. The SMILES string of the molecule is COc1ccc(Cl)cc1NCC(=O)Nc1cccc(-c2csc(C)n2)c1. The smallest absolute Gasteiger partial charge is 0.243 e. The first-order valence-corrected chi connectivity index (χ1v) is 9.21. The summed E-state index contributed by atoms with van der Waals surface area (Å²) in [5, 5.41) is 9.51. The van der Waals surface area contributed by atoms with E-state index in [2.05, 4.69) is 15.6 Å². The van der Waals surface area contributed by atoms with Crippen LogP contribution < -0.4 is 15.4 Å². The number of thiazole rings is 1. The Bertz CT molecular complexity index is 927. The molecule has 0 aliphatic rings. The number of ether oxygens (including phenoxy) is 1. The molecule has 5 nitrogen and oxygen atoms in total. The van der Waals surface area contributed by atoms with E-state index < -0.39 is 0 Å². The van der Waals surface area contributed by atoms with Gasteiger partial charge in [0, 0.05) is 21.7 Å². The average Bonchev–Trinajstić information content (AvgIpc) is 3.07. The predicted molar refractivity (Wildman–Crippen MR) is 107 cm³/mol. The van der Waals surface area contributed by atoms with Crippen LogP contribution in [-0.2, 0) is 4.79 Å². The van der Waals surface area contributed by atoms with Gasteiger partial charge in [0.05, 0.1) is 30.0 Å². The molecule has 0 spiro atoms. The molecule has 0 unspecified atom stereocenters. The standard InChI is InChI=1S/C19H18ClN3O2S/c1-12-22-17(11-26-12)13-4-3-5-15(8-13)23-19(24)10-21-16-9-14(20)6-7-18(16)25-2/h3-9,11,21H,10H2,1-2H3,(H,23,24). The number of aryl methyl sites for hydroxylation is 1. The Balaban J connectivity index is 1.64. The summed E-state index contributed by atoms with van der Waals surface area (Å²) in [4.78, 5) is 16.7. The van der Waals surface area contributed by atoms with Crippen LogP contribution in [0.3, 0.4) is 0 Å². The zero-order valence-electron chi connectivity index (χ0n) is 14.4. The van der Waals surface area contributed by atoms with Gasteiger partial charge in [-0.2, -0.15) is 0 Å². The summed E-state index contributed by atoms with van der Waals surface area (Å²) in [6.07, 6.45) is 0. The van der Waals surface area contributed by atoms with E-state index in [9.17, 15) is 4.79 Å². The maximum Gasteiger partial charge on any atom is 0.243 e. The summed E-state index contributed by atoms with van der Waals surface area (Å²) < 4.78 is 5.26. The van der Waals surface area contributed by atoms with Gasteiger partial charge in [0.15, 0.2) is 0 Å². The van der Waals surface area contributed by atoms with Crippen molar-refractivity contribution in [2.75, 3.05) is 24.3 Å². The van der Waals surface area contributed by atoms with Gasteiger partial charge >= 0.3 is 0 Å². The third-order valence-corrected chi connectivity index (χ3v) is 4.67. The van der Waals surface area contributed by atoms with Gasteiger partial charge in [-0.05, 0) is 37.3 Å². The molecule has 7 heteroatoms. The number of amides is 1. The lowest BCUT2D eigenvalue weighted by Gasteiger charge is -2.12. The summed E-state index contributed by atoms with van der Waals surface area (Å²) >= 11 is 7.59. The van der Waals surface area contributed by atoms with Crippen molar-refractivity contribution in [1.82, 2.24) is 4.98 Å². The maximum atomic E-state index is 12.3. The van der Waals surface area contributed by atoms with Crippen molar-refractivity contribution in [1.29, 1.82) is 0 Å². The first-order chi connectivity index (χ1) is 12.5. The van der Waals surface area contributed by atoms with Crippen molar-refractivity contribution in [2.24, 2.45) is 0 Å². The fourth-order valence-corrected chi connectivity index (χ4v) is 3.25. The molecule has 0 saturated carbocycles. The fourth-order valence-electron chi connectivity index (χ4n) is 2.45. The van der Waals surface area contributed by atoms with Crippen molar-refractivity contribution < 1.29 is 9.53 Å². The van der Waals surface area contributed by atoms with E-state index in [4.69, 9.17) is 16.3 Å². The highest BCUT2D eigenvalue weighted by Crippen LogP contribution is 2.27. The van der Waals surface area contributed by atoms with Crippen LogP contribution in [0.1, 0.15) is 5.01 Å². The molecule has 3 rings (SSSR count). The van der Waals surface area contributed by atoms with Crippen LogP contribution in [-0.4, -0.2) is 24.5 Å². The molecule has 0 radical (unpaired) electrons. The lowest BCUT2D eigenvalue weighted by atomic mass is 10.1. The number of anilines is 2. The third kappa shape index (κ3) is 4.53. The van der Waals surface area contributed by atoms with Gasteiger partial charge in [0.1, 0.15) is 5.75 Å². The van der Waals surface area contributed by atoms with E-state index in [1.54, 1.807) is 36.6 Å². The zero-order chi connectivity index (χ0) is 18.5. The minimum atomic E-state index is -0.168. The molecule has 2 N–H and O–H groups in total. The van der Waals surface area contributed by atoms with Crippen LogP contribution >= 0.6 is 22.9 Å². The first-order valence-electron chi connectivity index (χ1n) is 7.95. The van der Waals surface area contributed by atoms with E-state index in [1.165, 1.54) is 0 Å². The molecule has 0 aliphatic heterocycles. The average molecular weight is 388 g/mol. The molecule has 0 fully saturated rings. The number of nitrogens with zero attached hydrogens (tertiary/aromatic N) is 1. The summed E-state index contributed by atoms with van der Waals surface area (Å²) in [7, 11) is 1.57. The molecular weight excluding hydrogens is 370 g/mol. The molecule has 1 aromatic heterocycles. The van der Waals surface area contributed by atoms with Crippen molar-refractivity contribution >= 4 is 40.2 Å². The Kier molecular flexibility index (Phi) is 5.75. The summed E-state index contributed by atoms with van der Waals surface area (Å²) in [6.45, 7) is 2.06. The Morgan fingerprint density at radius 2 is 2.12 bits per heavy atom. The Hall–Kier alpha value is -2.57. The van der Waals surface area contributed by atoms with Gasteiger partial charge in [0.25, 0.3) is 0 Å². The maximum absolute atomic E-state index is 12.3. The number of benzene rings is 2. The monoisotopic (exact) mass is 387 g/mol. The minimum absolute atomic E-state index is 0.0940. The lowest BCUT2D eigenvalue weighted by molar-refractivity contribution is -0.114. The number of carbonyl (C=O) groups is 1. The second kappa shape index (κ2) is 8.21. The van der Waals surface area contributed by atoms with Gasteiger partial charge in [-0.1, -0.05) is 23.7 Å². The van der Waals surface area contributed by atoms with E-state index in [1.807, 2.05) is 36.6 Å². The summed E-state index contributed by atoms with van der Waals surface area (Å²) in [6, 6.07) is 12.8. The number of halogens is 1. The van der Waals surface area contributed by atoms with E-state index in [0.717, 1.165) is 22.0 Å². The fraction of sp³-hybridized carbons (Fsp3) is 0.158. The number of carbonyl (C=O) groups excluding carboxylic acids is 1. The Labute approximate surface area is 161 Å². The van der Waals surface area contributed by atoms with Crippen molar-refractivity contribution in [3.05, 3.63) is 57.9 Å². The minimum Gasteiger partial charge on any atom is -0.495 e. The predicted octanol–water partition coefficient (Wildman–Crippen LogP) is 4.83. The largest absolute Gasteiger partial charge is 0.495 e. The van der Waals surface area contributed by atoms with Crippen LogP contribution in [0.5, 0.6) is 5.75 Å². The molecule has 0 aliphatic carbocycles. The van der Waals surface area contributed by atoms with E-state index in [-0.39, 0.29) is 12.5 Å². The van der Waals surface area contributed by atoms with Crippen molar-refractivity contribution in [3.8, 4) is 17.0 Å². The number of aromatic nitrogens is 1. The summed E-state index contributed by atoms with van der Waals surface area (Å²) in [5.41, 5.74) is 3.27. The summed E-state index contributed by atoms with van der Waals surface area (Å²) in [5.74, 6) is 0.460. The van der Waals surface area contributed by atoms with Gasteiger partial charge in [-0.15, -0.1) is 11.3 Å². The van der Waals surface area contributed by atoms with Crippen LogP contribution in [0.15, 0.2) is 47.8 Å². The molecule has 0 atom stereocenters. The molecule has 134 valence electrons. The number of nitrogens with one attached hydrogen (secondary N) is 2. The molecule has 0 saturated heterocycles. The van der Waals surface area contributed by atoms with Crippen molar-refractivity contribution in [2.45, 2.75) is 6.92 Å². The Morgan fingerprint density at radius 1 is 1.27 bits per heavy atom. The number of rotatable bonds is 6. The van der Waals surface area contributed by atoms with Gasteiger partial charge in [0.2, 0.25) is 5.91 Å². The normalized spacial score (nSPS) is 10.4. The first kappa shape index (κ1) is 18.2. The molecular formula is C19H18ClN3O2S. The highest BCUT2D eigenvalue weighted by Gasteiger charge is 2.08. The number of methoxy groups -OCH3 is 1. The topological polar surface area (TPSA) is 63.2 Å². The van der Waals surface area contributed by atoms with E-state index >= 15 is 0 Å². The highest BCUT2D eigenvalue weighted by atomic mass is 35.5. The highest BCUT2D eigenvalue weighted by molar-refractivity contribution is 7.09. The van der Waals surface area contributed by atoms with Crippen LogP contribution in [0.25, 0.3) is 11.3 Å². The Morgan fingerprint density at radius 3 is 2.85 bits per heavy atom.